The number of carbonyl (C=O) groups excluding carboxylic acids is 1. The third-order valence-electron chi connectivity index (χ3n) is 3.96. The molecule has 0 spiro atoms. The fourth-order valence-corrected chi connectivity index (χ4v) is 3.34. The van der Waals surface area contributed by atoms with Crippen LogP contribution in [0.15, 0.2) is 65.3 Å². The van der Waals surface area contributed by atoms with Crippen molar-refractivity contribution < 1.29 is 13.9 Å². The van der Waals surface area contributed by atoms with Crippen molar-refractivity contribution in [2.45, 2.75) is 20.0 Å². The molecule has 3 rings (SSSR count). The van der Waals surface area contributed by atoms with Crippen molar-refractivity contribution in [3.05, 3.63) is 87.8 Å². The van der Waals surface area contributed by atoms with Gasteiger partial charge in [0.1, 0.15) is 5.76 Å². The summed E-state index contributed by atoms with van der Waals surface area (Å²) in [5, 5.41) is 0.621. The molecule has 0 saturated heterocycles. The van der Waals surface area contributed by atoms with E-state index in [1.165, 1.54) is 0 Å². The zero-order chi connectivity index (χ0) is 19.2. The summed E-state index contributed by atoms with van der Waals surface area (Å²) in [5.41, 5.74) is 1.41. The second-order valence-corrected chi connectivity index (χ2v) is 6.74. The molecule has 1 aromatic heterocycles. The van der Waals surface area contributed by atoms with Crippen LogP contribution in [0.1, 0.15) is 28.6 Å². The van der Waals surface area contributed by atoms with Gasteiger partial charge in [0.25, 0.3) is 5.91 Å². The number of furan rings is 1. The van der Waals surface area contributed by atoms with E-state index in [0.717, 1.165) is 5.56 Å². The highest BCUT2D eigenvalue weighted by atomic mass is 35.5. The minimum atomic E-state index is -0.192. The van der Waals surface area contributed by atoms with Crippen molar-refractivity contribution in [2.24, 2.45) is 0 Å². The van der Waals surface area contributed by atoms with E-state index in [2.05, 4.69) is 0 Å². The molecular weight excluding hydrogens is 385 g/mol. The Hall–Kier alpha value is -2.43. The van der Waals surface area contributed by atoms with E-state index in [9.17, 15) is 4.79 Å². The summed E-state index contributed by atoms with van der Waals surface area (Å²) in [6.07, 6.45) is 1.59. The number of hydrogen-bond acceptors (Lipinski definition) is 3. The molecule has 1 heterocycles. The van der Waals surface area contributed by atoms with Crippen LogP contribution >= 0.6 is 23.2 Å². The summed E-state index contributed by atoms with van der Waals surface area (Å²) >= 11 is 12.5. The van der Waals surface area contributed by atoms with Crippen LogP contribution in [0.25, 0.3) is 0 Å². The Kier molecular flexibility index (Phi) is 6.43. The Morgan fingerprint density at radius 1 is 1.04 bits per heavy atom. The van der Waals surface area contributed by atoms with Crippen LogP contribution in [-0.4, -0.2) is 17.4 Å². The summed E-state index contributed by atoms with van der Waals surface area (Å²) in [6, 6.07) is 16.6. The zero-order valence-corrected chi connectivity index (χ0v) is 16.3. The molecule has 0 saturated carbocycles. The first-order chi connectivity index (χ1) is 13.1. The van der Waals surface area contributed by atoms with E-state index >= 15 is 0 Å². The molecule has 3 aromatic rings. The molecule has 1 amide bonds. The number of rotatable bonds is 7. The predicted octanol–water partition coefficient (Wildman–Crippen LogP) is 5.83. The molecule has 0 unspecified atom stereocenters. The van der Waals surface area contributed by atoms with E-state index in [1.807, 2.05) is 43.3 Å². The molecule has 0 bridgehead atoms. The number of hydrogen-bond donors (Lipinski definition) is 0. The molecule has 0 N–H and O–H groups in total. The lowest BCUT2D eigenvalue weighted by molar-refractivity contribution is 0.0717. The van der Waals surface area contributed by atoms with E-state index in [-0.39, 0.29) is 5.91 Å². The maximum absolute atomic E-state index is 13.2. The standard InChI is InChI=1S/C21H19Cl2NO3/c1-2-26-20-18(22)11-16(12-19(20)23)21(25)24(14-17-9-6-10-27-17)13-15-7-4-3-5-8-15/h3-12H,2,13-14H2,1H3. The number of nitrogens with zero attached hydrogens (tertiary/aromatic N) is 1. The van der Waals surface area contributed by atoms with Gasteiger partial charge in [-0.05, 0) is 36.8 Å². The van der Waals surface area contributed by atoms with E-state index in [4.69, 9.17) is 32.4 Å². The molecule has 0 aliphatic rings. The summed E-state index contributed by atoms with van der Waals surface area (Å²) in [6.45, 7) is 3.05. The Morgan fingerprint density at radius 3 is 2.33 bits per heavy atom. The van der Waals surface area contributed by atoms with Gasteiger partial charge in [-0.3, -0.25) is 4.79 Å². The Balaban J connectivity index is 1.90. The Bertz CT molecular complexity index is 872. The van der Waals surface area contributed by atoms with Gasteiger partial charge >= 0.3 is 0 Å². The maximum atomic E-state index is 13.2. The average Bonchev–Trinajstić information content (AvgIpc) is 3.17. The fourth-order valence-electron chi connectivity index (χ4n) is 2.74. The zero-order valence-electron chi connectivity index (χ0n) is 14.8. The van der Waals surface area contributed by atoms with Gasteiger partial charge in [-0.1, -0.05) is 53.5 Å². The van der Waals surface area contributed by atoms with E-state index in [0.29, 0.717) is 46.8 Å². The summed E-state index contributed by atoms with van der Waals surface area (Å²) in [4.78, 5) is 14.9. The third kappa shape index (κ3) is 4.85. The topological polar surface area (TPSA) is 42.7 Å². The predicted molar refractivity (Wildman–Crippen MR) is 106 cm³/mol. The lowest BCUT2D eigenvalue weighted by atomic mass is 10.1. The molecule has 27 heavy (non-hydrogen) atoms. The number of carbonyl (C=O) groups is 1. The lowest BCUT2D eigenvalue weighted by Crippen LogP contribution is -2.30. The van der Waals surface area contributed by atoms with Gasteiger partial charge in [0.2, 0.25) is 0 Å². The van der Waals surface area contributed by atoms with Gasteiger partial charge in [-0.2, -0.15) is 0 Å². The van der Waals surface area contributed by atoms with Crippen molar-refractivity contribution in [1.29, 1.82) is 0 Å². The minimum Gasteiger partial charge on any atom is -0.491 e. The molecule has 0 radical (unpaired) electrons. The van der Waals surface area contributed by atoms with Gasteiger partial charge in [0.15, 0.2) is 5.75 Å². The number of ether oxygens (including phenoxy) is 1. The normalized spacial score (nSPS) is 10.6. The molecule has 4 nitrogen and oxygen atoms in total. The van der Waals surface area contributed by atoms with Crippen molar-refractivity contribution >= 4 is 29.1 Å². The Morgan fingerprint density at radius 2 is 1.74 bits per heavy atom. The van der Waals surface area contributed by atoms with Crippen LogP contribution in [0.3, 0.4) is 0 Å². The highest BCUT2D eigenvalue weighted by Crippen LogP contribution is 2.34. The second kappa shape index (κ2) is 8.98. The van der Waals surface area contributed by atoms with Gasteiger partial charge in [-0.25, -0.2) is 0 Å². The molecule has 0 aliphatic heterocycles. The van der Waals surface area contributed by atoms with E-state index in [1.54, 1.807) is 29.4 Å². The summed E-state index contributed by atoms with van der Waals surface area (Å²) in [5.74, 6) is 0.891. The van der Waals surface area contributed by atoms with Crippen molar-refractivity contribution in [3.63, 3.8) is 0 Å². The summed E-state index contributed by atoms with van der Waals surface area (Å²) < 4.78 is 10.9. The molecule has 0 aliphatic carbocycles. The highest BCUT2D eigenvalue weighted by molar-refractivity contribution is 6.37. The first kappa shape index (κ1) is 19.3. The lowest BCUT2D eigenvalue weighted by Gasteiger charge is -2.22. The number of benzene rings is 2. The van der Waals surface area contributed by atoms with Gasteiger partial charge in [-0.15, -0.1) is 0 Å². The van der Waals surface area contributed by atoms with Crippen LogP contribution < -0.4 is 4.74 Å². The fraction of sp³-hybridized carbons (Fsp3) is 0.190. The van der Waals surface area contributed by atoms with Crippen molar-refractivity contribution in [1.82, 2.24) is 4.90 Å². The molecule has 2 aromatic carbocycles. The second-order valence-electron chi connectivity index (χ2n) is 5.93. The minimum absolute atomic E-state index is 0.192. The first-order valence-corrected chi connectivity index (χ1v) is 9.31. The van der Waals surface area contributed by atoms with Crippen molar-refractivity contribution in [3.8, 4) is 5.75 Å². The van der Waals surface area contributed by atoms with Crippen LogP contribution in [0.5, 0.6) is 5.75 Å². The van der Waals surface area contributed by atoms with Crippen LogP contribution in [0.4, 0.5) is 0 Å². The molecule has 0 atom stereocenters. The molecule has 6 heteroatoms. The molecule has 0 fully saturated rings. The average molecular weight is 404 g/mol. The van der Waals surface area contributed by atoms with Crippen LogP contribution in [0, 0.1) is 0 Å². The molecule has 140 valence electrons. The number of halogens is 2. The summed E-state index contributed by atoms with van der Waals surface area (Å²) in [7, 11) is 0. The van der Waals surface area contributed by atoms with Crippen LogP contribution in [0.2, 0.25) is 10.0 Å². The highest BCUT2D eigenvalue weighted by Gasteiger charge is 2.21. The maximum Gasteiger partial charge on any atom is 0.254 e. The van der Waals surface area contributed by atoms with Gasteiger partial charge < -0.3 is 14.1 Å². The van der Waals surface area contributed by atoms with E-state index < -0.39 is 0 Å². The quantitative estimate of drug-likeness (QED) is 0.498. The Labute approximate surface area is 168 Å². The van der Waals surface area contributed by atoms with Crippen molar-refractivity contribution in [2.75, 3.05) is 6.61 Å². The third-order valence-corrected chi connectivity index (χ3v) is 4.53. The van der Waals surface area contributed by atoms with Gasteiger partial charge in [0.05, 0.1) is 29.5 Å². The largest absolute Gasteiger partial charge is 0.491 e. The first-order valence-electron chi connectivity index (χ1n) is 8.56. The smallest absolute Gasteiger partial charge is 0.254 e. The monoisotopic (exact) mass is 403 g/mol. The molecular formula is C21H19Cl2NO3. The number of amides is 1. The SMILES string of the molecule is CCOc1c(Cl)cc(C(=O)N(Cc2ccccc2)Cc2ccco2)cc1Cl. The van der Waals surface area contributed by atoms with Crippen LogP contribution in [-0.2, 0) is 13.1 Å². The van der Waals surface area contributed by atoms with Gasteiger partial charge in [0, 0.05) is 12.1 Å².